The molecule has 20 heavy (non-hydrogen) atoms. The van der Waals surface area contributed by atoms with Crippen molar-refractivity contribution in [2.45, 2.75) is 26.8 Å². The van der Waals surface area contributed by atoms with Gasteiger partial charge in [0.2, 0.25) is 0 Å². The number of rotatable bonds is 2. The number of nitrogens with two attached hydrogens (primary N) is 1. The monoisotopic (exact) mass is 265 g/mol. The number of fused-ring (bicyclic) bond motifs is 1. The first-order valence-electron chi connectivity index (χ1n) is 6.88. The van der Waals surface area contributed by atoms with Gasteiger partial charge in [0.15, 0.2) is 0 Å². The zero-order chi connectivity index (χ0) is 14.3. The Hall–Kier alpha value is -2.06. The highest BCUT2D eigenvalue weighted by atomic mass is 16.3. The normalized spacial score (nSPS) is 12.8. The third-order valence-corrected chi connectivity index (χ3v) is 3.94. The molecule has 3 rings (SSSR count). The second-order valence-corrected chi connectivity index (χ2v) is 5.43. The van der Waals surface area contributed by atoms with Crippen LogP contribution in [0.25, 0.3) is 11.0 Å². The van der Waals surface area contributed by atoms with Crippen LogP contribution < -0.4 is 5.73 Å². The first-order valence-corrected chi connectivity index (χ1v) is 6.88. The third-order valence-electron chi connectivity index (χ3n) is 3.94. The molecule has 1 unspecified atom stereocenters. The Bertz CT molecular complexity index is 770. The molecule has 0 aliphatic rings. The smallest absolute Gasteiger partial charge is 0.134 e. The van der Waals surface area contributed by atoms with Crippen molar-refractivity contribution in [3.8, 4) is 0 Å². The number of furan rings is 1. The van der Waals surface area contributed by atoms with Crippen molar-refractivity contribution < 1.29 is 4.42 Å². The highest BCUT2D eigenvalue weighted by Gasteiger charge is 2.19. The van der Waals surface area contributed by atoms with Crippen LogP contribution in [0.2, 0.25) is 0 Å². The van der Waals surface area contributed by atoms with Crippen molar-refractivity contribution in [3.05, 3.63) is 70.5 Å². The Balaban J connectivity index is 2.15. The van der Waals surface area contributed by atoms with Crippen LogP contribution in [0.15, 0.2) is 46.9 Å². The van der Waals surface area contributed by atoms with E-state index in [1.165, 1.54) is 11.1 Å². The molecule has 1 heterocycles. The molecule has 0 spiro atoms. The van der Waals surface area contributed by atoms with E-state index in [0.29, 0.717) is 0 Å². The molecule has 0 amide bonds. The summed E-state index contributed by atoms with van der Waals surface area (Å²) < 4.78 is 6.03. The molecule has 0 aliphatic heterocycles. The van der Waals surface area contributed by atoms with Crippen LogP contribution in [0.3, 0.4) is 0 Å². The molecule has 1 atom stereocenters. The molecule has 3 aromatic rings. The standard InChI is InChI=1S/C18H19NO/c1-11-8-9-15-13(3)18(20-16(15)10-11)17(19)14-7-5-4-6-12(14)2/h4-10,17H,19H2,1-3H3. The van der Waals surface area contributed by atoms with Gasteiger partial charge in [0.1, 0.15) is 11.3 Å². The van der Waals surface area contributed by atoms with E-state index in [1.54, 1.807) is 0 Å². The van der Waals surface area contributed by atoms with Gasteiger partial charge in [-0.2, -0.15) is 0 Å². The van der Waals surface area contributed by atoms with Crippen LogP contribution in [0, 0.1) is 20.8 Å². The first kappa shape index (κ1) is 12.9. The summed E-state index contributed by atoms with van der Waals surface area (Å²) in [5, 5.41) is 1.15. The van der Waals surface area contributed by atoms with Gasteiger partial charge in [-0.15, -0.1) is 0 Å². The van der Waals surface area contributed by atoms with Crippen molar-refractivity contribution in [3.63, 3.8) is 0 Å². The van der Waals surface area contributed by atoms with Crippen LogP contribution >= 0.6 is 0 Å². The maximum atomic E-state index is 6.43. The van der Waals surface area contributed by atoms with E-state index in [9.17, 15) is 0 Å². The van der Waals surface area contributed by atoms with Crippen molar-refractivity contribution in [1.29, 1.82) is 0 Å². The Kier molecular flexibility index (Phi) is 3.11. The average Bonchev–Trinajstić information content (AvgIpc) is 2.75. The van der Waals surface area contributed by atoms with E-state index in [4.69, 9.17) is 10.2 Å². The van der Waals surface area contributed by atoms with Crippen LogP contribution in [-0.2, 0) is 0 Å². The fraction of sp³-hybridized carbons (Fsp3) is 0.222. The molecule has 0 radical (unpaired) electrons. The van der Waals surface area contributed by atoms with Gasteiger partial charge in [0.25, 0.3) is 0 Å². The summed E-state index contributed by atoms with van der Waals surface area (Å²) in [6.07, 6.45) is 0. The van der Waals surface area contributed by atoms with Gasteiger partial charge in [-0.1, -0.05) is 36.4 Å². The van der Waals surface area contributed by atoms with Crippen molar-refractivity contribution in [2.75, 3.05) is 0 Å². The molecule has 2 nitrogen and oxygen atoms in total. The van der Waals surface area contributed by atoms with Crippen molar-refractivity contribution >= 4 is 11.0 Å². The van der Waals surface area contributed by atoms with Gasteiger partial charge in [-0.25, -0.2) is 0 Å². The summed E-state index contributed by atoms with van der Waals surface area (Å²) in [5.74, 6) is 0.861. The van der Waals surface area contributed by atoms with Crippen LogP contribution in [0.5, 0.6) is 0 Å². The second-order valence-electron chi connectivity index (χ2n) is 5.43. The van der Waals surface area contributed by atoms with Crippen molar-refractivity contribution in [1.82, 2.24) is 0 Å². The van der Waals surface area contributed by atoms with E-state index < -0.39 is 0 Å². The Morgan fingerprint density at radius 2 is 1.75 bits per heavy atom. The number of hydrogen-bond donors (Lipinski definition) is 1. The minimum Gasteiger partial charge on any atom is -0.459 e. The van der Waals surface area contributed by atoms with Crippen LogP contribution in [0.1, 0.15) is 34.1 Å². The summed E-state index contributed by atoms with van der Waals surface area (Å²) in [7, 11) is 0. The lowest BCUT2D eigenvalue weighted by Gasteiger charge is -2.13. The lowest BCUT2D eigenvalue weighted by molar-refractivity contribution is 0.520. The quantitative estimate of drug-likeness (QED) is 0.745. The summed E-state index contributed by atoms with van der Waals surface area (Å²) >= 11 is 0. The fourth-order valence-electron chi connectivity index (χ4n) is 2.73. The van der Waals surface area contributed by atoms with Gasteiger partial charge in [-0.3, -0.25) is 0 Å². The van der Waals surface area contributed by atoms with E-state index >= 15 is 0 Å². The molecular weight excluding hydrogens is 246 g/mol. The molecule has 2 heteroatoms. The largest absolute Gasteiger partial charge is 0.459 e. The van der Waals surface area contributed by atoms with Gasteiger partial charge >= 0.3 is 0 Å². The molecule has 0 aliphatic carbocycles. The Labute approximate surface area is 119 Å². The number of benzene rings is 2. The van der Waals surface area contributed by atoms with E-state index in [1.807, 2.05) is 12.1 Å². The molecule has 2 aromatic carbocycles. The minimum absolute atomic E-state index is 0.219. The van der Waals surface area contributed by atoms with E-state index in [0.717, 1.165) is 27.9 Å². The molecular formula is C18H19NO. The molecule has 1 aromatic heterocycles. The topological polar surface area (TPSA) is 39.2 Å². The number of aryl methyl sites for hydroxylation is 3. The summed E-state index contributed by atoms with van der Waals surface area (Å²) in [6.45, 7) is 6.23. The lowest BCUT2D eigenvalue weighted by atomic mass is 9.97. The highest BCUT2D eigenvalue weighted by molar-refractivity contribution is 5.83. The highest BCUT2D eigenvalue weighted by Crippen LogP contribution is 2.32. The fourth-order valence-corrected chi connectivity index (χ4v) is 2.73. The van der Waals surface area contributed by atoms with Gasteiger partial charge < -0.3 is 10.2 Å². The van der Waals surface area contributed by atoms with E-state index in [-0.39, 0.29) is 6.04 Å². The summed E-state index contributed by atoms with van der Waals surface area (Å²) in [6, 6.07) is 14.3. The predicted octanol–water partition coefficient (Wildman–Crippen LogP) is 4.41. The first-order chi connectivity index (χ1) is 9.58. The predicted molar refractivity (Wildman–Crippen MR) is 82.9 cm³/mol. The third kappa shape index (κ3) is 2.02. The second kappa shape index (κ2) is 4.80. The van der Waals surface area contributed by atoms with E-state index in [2.05, 4.69) is 51.1 Å². The molecule has 2 N–H and O–H groups in total. The van der Waals surface area contributed by atoms with Crippen LogP contribution in [0.4, 0.5) is 0 Å². The zero-order valence-electron chi connectivity index (χ0n) is 12.1. The molecule has 0 saturated carbocycles. The average molecular weight is 265 g/mol. The van der Waals surface area contributed by atoms with Gasteiger partial charge in [0.05, 0.1) is 6.04 Å². The molecule has 0 saturated heterocycles. The van der Waals surface area contributed by atoms with Crippen LogP contribution in [-0.4, -0.2) is 0 Å². The summed E-state index contributed by atoms with van der Waals surface area (Å²) in [5.41, 5.74) is 12.0. The summed E-state index contributed by atoms with van der Waals surface area (Å²) in [4.78, 5) is 0. The SMILES string of the molecule is Cc1ccc2c(C)c(C(N)c3ccccc3C)oc2c1. The molecule has 0 bridgehead atoms. The molecule has 102 valence electrons. The number of hydrogen-bond acceptors (Lipinski definition) is 2. The molecule has 0 fully saturated rings. The minimum atomic E-state index is -0.219. The van der Waals surface area contributed by atoms with Gasteiger partial charge in [0, 0.05) is 10.9 Å². The maximum absolute atomic E-state index is 6.43. The zero-order valence-corrected chi connectivity index (χ0v) is 12.1. The Morgan fingerprint density at radius 1 is 1.00 bits per heavy atom. The maximum Gasteiger partial charge on any atom is 0.134 e. The Morgan fingerprint density at radius 3 is 2.50 bits per heavy atom. The lowest BCUT2D eigenvalue weighted by Crippen LogP contribution is -2.13. The van der Waals surface area contributed by atoms with Crippen molar-refractivity contribution in [2.24, 2.45) is 5.73 Å². The van der Waals surface area contributed by atoms with Gasteiger partial charge in [-0.05, 0) is 43.5 Å².